The third-order valence-electron chi connectivity index (χ3n) is 6.21. The first-order valence-corrected chi connectivity index (χ1v) is 11.0. The second-order valence-corrected chi connectivity index (χ2v) is 8.26. The third kappa shape index (κ3) is 3.16. The molecule has 0 saturated heterocycles. The topological polar surface area (TPSA) is 79.2 Å². The summed E-state index contributed by atoms with van der Waals surface area (Å²) in [5.41, 5.74) is 3.80. The second-order valence-electron chi connectivity index (χ2n) is 8.26. The van der Waals surface area contributed by atoms with E-state index in [0.29, 0.717) is 28.6 Å². The van der Waals surface area contributed by atoms with Crippen molar-refractivity contribution >= 4 is 16.7 Å². The van der Waals surface area contributed by atoms with Crippen molar-refractivity contribution in [2.45, 2.75) is 6.23 Å². The highest BCUT2D eigenvalue weighted by atomic mass is 16.3. The zero-order chi connectivity index (χ0) is 23.2. The van der Waals surface area contributed by atoms with E-state index >= 15 is 0 Å². The molecule has 1 aliphatic heterocycles. The Hall–Kier alpha value is -4.42. The van der Waals surface area contributed by atoms with Gasteiger partial charge >= 0.3 is 0 Å². The van der Waals surface area contributed by atoms with Crippen LogP contribution in [0.2, 0.25) is 0 Å². The Bertz CT molecular complexity index is 1490. The summed E-state index contributed by atoms with van der Waals surface area (Å²) in [6, 6.07) is 28.9. The van der Waals surface area contributed by atoms with E-state index in [0.717, 1.165) is 27.5 Å². The van der Waals surface area contributed by atoms with Gasteiger partial charge in [0.25, 0.3) is 5.91 Å². The Morgan fingerprint density at radius 1 is 0.676 bits per heavy atom. The lowest BCUT2D eigenvalue weighted by Gasteiger charge is -2.31. The summed E-state index contributed by atoms with van der Waals surface area (Å²) in [5, 5.41) is 12.3. The van der Waals surface area contributed by atoms with Crippen LogP contribution in [0.5, 0.6) is 0 Å². The molecule has 0 fully saturated rings. The van der Waals surface area contributed by atoms with Crippen LogP contribution in [0, 0.1) is 0 Å². The standard InChI is InChI=1S/C28H20N4O2/c1-32-27(33)21-14-8-13-19-20(15-16-22(23(19)21)28(32)34)26-30-24(17-9-4-2-5-10-17)29-25(31-26)18-11-6-3-7-12-18/h2-16,27,33H,1H3. The van der Waals surface area contributed by atoms with Crippen molar-refractivity contribution in [3.8, 4) is 34.2 Å². The number of nitrogens with zero attached hydrogens (tertiary/aromatic N) is 4. The molecule has 0 radical (unpaired) electrons. The number of benzene rings is 4. The summed E-state index contributed by atoms with van der Waals surface area (Å²) >= 11 is 0. The van der Waals surface area contributed by atoms with Crippen LogP contribution in [0.1, 0.15) is 22.1 Å². The molecule has 6 heteroatoms. The Labute approximate surface area is 196 Å². The normalized spacial score (nSPS) is 15.1. The summed E-state index contributed by atoms with van der Waals surface area (Å²) in [6.07, 6.45) is -1.00. The van der Waals surface area contributed by atoms with Gasteiger partial charge in [-0.1, -0.05) is 78.9 Å². The number of rotatable bonds is 3. The smallest absolute Gasteiger partial charge is 0.256 e. The minimum atomic E-state index is -1.00. The molecule has 6 nitrogen and oxygen atoms in total. The van der Waals surface area contributed by atoms with Crippen LogP contribution in [0.25, 0.3) is 44.9 Å². The average Bonchev–Trinajstić information content (AvgIpc) is 2.91. The maximum atomic E-state index is 12.9. The van der Waals surface area contributed by atoms with E-state index in [1.807, 2.05) is 84.9 Å². The lowest BCUT2D eigenvalue weighted by Crippen LogP contribution is -2.34. The number of amides is 1. The molecule has 164 valence electrons. The minimum Gasteiger partial charge on any atom is -0.369 e. The first kappa shape index (κ1) is 20.2. The quantitative estimate of drug-likeness (QED) is 0.419. The van der Waals surface area contributed by atoms with Crippen molar-refractivity contribution in [1.82, 2.24) is 19.9 Å². The van der Waals surface area contributed by atoms with Gasteiger partial charge in [-0.15, -0.1) is 0 Å². The molecule has 5 aromatic rings. The van der Waals surface area contributed by atoms with Gasteiger partial charge in [-0.3, -0.25) is 4.79 Å². The van der Waals surface area contributed by atoms with Crippen molar-refractivity contribution in [2.24, 2.45) is 0 Å². The van der Waals surface area contributed by atoms with Crippen LogP contribution in [0.4, 0.5) is 0 Å². The molecule has 1 aromatic heterocycles. The molecule has 34 heavy (non-hydrogen) atoms. The van der Waals surface area contributed by atoms with Crippen molar-refractivity contribution in [2.75, 3.05) is 7.05 Å². The lowest BCUT2D eigenvalue weighted by atomic mass is 9.91. The van der Waals surface area contributed by atoms with Gasteiger partial charge in [-0.2, -0.15) is 0 Å². The number of aliphatic hydroxyl groups excluding tert-OH is 1. The monoisotopic (exact) mass is 444 g/mol. The van der Waals surface area contributed by atoms with Crippen LogP contribution in [0.3, 0.4) is 0 Å². The Morgan fingerprint density at radius 3 is 1.85 bits per heavy atom. The molecule has 0 bridgehead atoms. The first-order chi connectivity index (χ1) is 16.6. The van der Waals surface area contributed by atoms with Gasteiger partial charge in [0.1, 0.15) is 0 Å². The highest BCUT2D eigenvalue weighted by Crippen LogP contribution is 2.39. The third-order valence-corrected chi connectivity index (χ3v) is 6.21. The molecule has 0 saturated carbocycles. The number of aromatic nitrogens is 3. The predicted octanol–water partition coefficient (Wildman–Crippen LogP) is 5.10. The first-order valence-electron chi connectivity index (χ1n) is 11.0. The Morgan fingerprint density at radius 2 is 1.24 bits per heavy atom. The van der Waals surface area contributed by atoms with E-state index < -0.39 is 6.23 Å². The minimum absolute atomic E-state index is 0.214. The highest BCUT2D eigenvalue weighted by molar-refractivity contribution is 6.13. The van der Waals surface area contributed by atoms with Gasteiger partial charge in [0.15, 0.2) is 23.7 Å². The van der Waals surface area contributed by atoms with Crippen LogP contribution in [-0.4, -0.2) is 37.9 Å². The van der Waals surface area contributed by atoms with Gasteiger partial charge in [-0.05, 0) is 17.5 Å². The Kier molecular flexibility index (Phi) is 4.67. The molecule has 1 amide bonds. The molecular weight excluding hydrogens is 424 g/mol. The zero-order valence-corrected chi connectivity index (χ0v) is 18.4. The second kappa shape index (κ2) is 7.86. The average molecular weight is 444 g/mol. The van der Waals surface area contributed by atoms with E-state index in [4.69, 9.17) is 15.0 Å². The number of hydrogen-bond donors (Lipinski definition) is 1. The molecule has 1 atom stereocenters. The fourth-order valence-corrected chi connectivity index (χ4v) is 4.46. The summed E-state index contributed by atoms with van der Waals surface area (Å²) in [6.45, 7) is 0. The van der Waals surface area contributed by atoms with Gasteiger partial charge in [0.05, 0.1) is 0 Å². The largest absolute Gasteiger partial charge is 0.369 e. The molecule has 1 N–H and O–H groups in total. The van der Waals surface area contributed by atoms with Crippen molar-refractivity contribution in [3.05, 3.63) is 102 Å². The molecule has 0 spiro atoms. The number of hydrogen-bond acceptors (Lipinski definition) is 5. The summed E-state index contributed by atoms with van der Waals surface area (Å²) in [5.74, 6) is 1.44. The molecule has 0 aliphatic carbocycles. The SMILES string of the molecule is CN1C(=O)c2ccc(-c3nc(-c4ccccc4)nc(-c4ccccc4)n3)c3cccc(c23)C1O. The fraction of sp³-hybridized carbons (Fsp3) is 0.0714. The molecular formula is C28H20N4O2. The van der Waals surface area contributed by atoms with E-state index in [2.05, 4.69) is 0 Å². The maximum Gasteiger partial charge on any atom is 0.256 e. The van der Waals surface area contributed by atoms with Crippen molar-refractivity contribution in [3.63, 3.8) is 0 Å². The van der Waals surface area contributed by atoms with E-state index in [-0.39, 0.29) is 5.91 Å². The fourth-order valence-electron chi connectivity index (χ4n) is 4.46. The molecule has 6 rings (SSSR count). The number of aliphatic hydroxyl groups is 1. The van der Waals surface area contributed by atoms with E-state index in [1.54, 1.807) is 13.1 Å². The van der Waals surface area contributed by atoms with E-state index in [1.165, 1.54) is 4.90 Å². The van der Waals surface area contributed by atoms with Crippen LogP contribution < -0.4 is 0 Å². The van der Waals surface area contributed by atoms with Gasteiger partial charge in [0, 0.05) is 40.3 Å². The summed E-state index contributed by atoms with van der Waals surface area (Å²) in [4.78, 5) is 28.6. The lowest BCUT2D eigenvalue weighted by molar-refractivity contribution is 0.0174. The summed E-state index contributed by atoms with van der Waals surface area (Å²) in [7, 11) is 1.60. The molecule has 1 unspecified atom stereocenters. The maximum absolute atomic E-state index is 12.9. The van der Waals surface area contributed by atoms with Crippen LogP contribution in [-0.2, 0) is 0 Å². The van der Waals surface area contributed by atoms with Gasteiger partial charge in [0.2, 0.25) is 0 Å². The summed E-state index contributed by atoms with van der Waals surface area (Å²) < 4.78 is 0. The van der Waals surface area contributed by atoms with E-state index in [9.17, 15) is 9.90 Å². The number of carbonyl (C=O) groups excluding carboxylic acids is 1. The molecule has 2 heterocycles. The van der Waals surface area contributed by atoms with Gasteiger partial charge in [-0.25, -0.2) is 15.0 Å². The van der Waals surface area contributed by atoms with Crippen molar-refractivity contribution < 1.29 is 9.90 Å². The molecule has 1 aliphatic rings. The molecule has 4 aromatic carbocycles. The van der Waals surface area contributed by atoms with Crippen LogP contribution in [0.15, 0.2) is 91.0 Å². The number of carbonyl (C=O) groups is 1. The zero-order valence-electron chi connectivity index (χ0n) is 18.4. The predicted molar refractivity (Wildman–Crippen MR) is 131 cm³/mol. The van der Waals surface area contributed by atoms with Gasteiger partial charge < -0.3 is 10.0 Å². The Balaban J connectivity index is 1.63. The van der Waals surface area contributed by atoms with Crippen LogP contribution >= 0.6 is 0 Å². The van der Waals surface area contributed by atoms with Crippen molar-refractivity contribution in [1.29, 1.82) is 0 Å². The highest BCUT2D eigenvalue weighted by Gasteiger charge is 2.31.